The molecule has 1 aromatic carbocycles. The Labute approximate surface area is 127 Å². The number of carbonyl (C=O) groups is 2. The predicted molar refractivity (Wildman–Crippen MR) is 79.8 cm³/mol. The summed E-state index contributed by atoms with van der Waals surface area (Å²) in [5.41, 5.74) is 0.412. The lowest BCUT2D eigenvalue weighted by Crippen LogP contribution is -2.40. The monoisotopic (exact) mass is 308 g/mol. The first kappa shape index (κ1) is 14.2. The van der Waals surface area contributed by atoms with Crippen LogP contribution in [0.25, 0.3) is 0 Å². The molecular formula is C15H17ClN2O3. The second kappa shape index (κ2) is 5.56. The van der Waals surface area contributed by atoms with Gasteiger partial charge in [-0.2, -0.15) is 0 Å². The van der Waals surface area contributed by atoms with Crippen LogP contribution in [0.4, 0.5) is 10.5 Å². The highest BCUT2D eigenvalue weighted by Crippen LogP contribution is 2.44. The fourth-order valence-corrected chi connectivity index (χ4v) is 2.82. The fraction of sp³-hybridized carbons (Fsp3) is 0.467. The molecule has 0 saturated heterocycles. The summed E-state index contributed by atoms with van der Waals surface area (Å²) >= 11 is 5.80. The van der Waals surface area contributed by atoms with Crippen LogP contribution in [0.1, 0.15) is 36.0 Å². The van der Waals surface area contributed by atoms with E-state index < -0.39 is 5.97 Å². The molecule has 112 valence electrons. The first-order chi connectivity index (χ1) is 10.0. The van der Waals surface area contributed by atoms with E-state index in [2.05, 4.69) is 10.6 Å². The van der Waals surface area contributed by atoms with Gasteiger partial charge in [0.15, 0.2) is 0 Å². The van der Waals surface area contributed by atoms with Crippen molar-refractivity contribution in [2.24, 2.45) is 11.8 Å². The highest BCUT2D eigenvalue weighted by molar-refractivity contribution is 6.33. The first-order valence-electron chi connectivity index (χ1n) is 7.15. The molecule has 2 aliphatic carbocycles. The molecule has 21 heavy (non-hydrogen) atoms. The van der Waals surface area contributed by atoms with Gasteiger partial charge in [0, 0.05) is 11.7 Å². The molecule has 2 amide bonds. The molecule has 0 radical (unpaired) electrons. The molecule has 3 N–H and O–H groups in total. The molecule has 0 heterocycles. The van der Waals surface area contributed by atoms with Gasteiger partial charge < -0.3 is 15.7 Å². The van der Waals surface area contributed by atoms with Crippen LogP contribution in [0.15, 0.2) is 18.2 Å². The molecule has 1 aromatic rings. The summed E-state index contributed by atoms with van der Waals surface area (Å²) in [5.74, 6) is 0.115. The van der Waals surface area contributed by atoms with Gasteiger partial charge in [0.1, 0.15) is 0 Å². The minimum atomic E-state index is -1.11. The molecule has 0 aromatic heterocycles. The van der Waals surface area contributed by atoms with E-state index in [4.69, 9.17) is 16.7 Å². The van der Waals surface area contributed by atoms with Crippen molar-refractivity contribution in [1.82, 2.24) is 5.32 Å². The lowest BCUT2D eigenvalue weighted by atomic mass is 10.1. The quantitative estimate of drug-likeness (QED) is 0.780. The van der Waals surface area contributed by atoms with Crippen LogP contribution in [-0.2, 0) is 0 Å². The Hall–Kier alpha value is -1.75. The summed E-state index contributed by atoms with van der Waals surface area (Å²) in [5, 5.41) is 14.9. The number of hydrogen-bond acceptors (Lipinski definition) is 2. The second-order valence-electron chi connectivity index (χ2n) is 5.80. The van der Waals surface area contributed by atoms with Crippen LogP contribution in [0, 0.1) is 11.8 Å². The number of hydrogen-bond donors (Lipinski definition) is 3. The number of halogens is 1. The minimum absolute atomic E-state index is 0.0181. The number of nitrogens with one attached hydrogen (secondary N) is 2. The van der Waals surface area contributed by atoms with E-state index in [1.165, 1.54) is 37.8 Å². The largest absolute Gasteiger partial charge is 0.478 e. The number of anilines is 1. The summed E-state index contributed by atoms with van der Waals surface area (Å²) in [7, 11) is 0. The molecule has 5 nitrogen and oxygen atoms in total. The van der Waals surface area contributed by atoms with Gasteiger partial charge in [-0.1, -0.05) is 11.6 Å². The number of rotatable bonds is 5. The van der Waals surface area contributed by atoms with Crippen molar-refractivity contribution in [1.29, 1.82) is 0 Å². The number of carboxylic acid groups (broad SMARTS) is 1. The zero-order valence-electron chi connectivity index (χ0n) is 11.4. The summed E-state index contributed by atoms with van der Waals surface area (Å²) < 4.78 is 0. The molecule has 0 bridgehead atoms. The van der Waals surface area contributed by atoms with E-state index in [-0.39, 0.29) is 22.7 Å². The number of urea groups is 1. The SMILES string of the molecule is O=C(Nc1ccc(Cl)c(C(=O)O)c1)NC(C1CC1)C1CC1. The van der Waals surface area contributed by atoms with Gasteiger partial charge in [-0.15, -0.1) is 0 Å². The molecule has 0 aliphatic heterocycles. The van der Waals surface area contributed by atoms with E-state index in [0.717, 1.165) is 0 Å². The van der Waals surface area contributed by atoms with Crippen molar-refractivity contribution in [2.45, 2.75) is 31.7 Å². The Balaban J connectivity index is 1.64. The standard InChI is InChI=1S/C15H17ClN2O3/c16-12-6-5-10(7-11(12)14(19)20)17-15(21)18-13(8-1-2-8)9-3-4-9/h5-9,13H,1-4H2,(H,19,20)(H2,17,18,21). The molecule has 0 unspecified atom stereocenters. The fourth-order valence-electron chi connectivity index (χ4n) is 2.62. The highest BCUT2D eigenvalue weighted by atomic mass is 35.5. The third kappa shape index (κ3) is 3.47. The Morgan fingerprint density at radius 3 is 2.33 bits per heavy atom. The van der Waals surface area contributed by atoms with Gasteiger partial charge in [0.2, 0.25) is 0 Å². The van der Waals surface area contributed by atoms with E-state index in [9.17, 15) is 9.59 Å². The Bertz CT molecular complexity index is 570. The number of aromatic carboxylic acids is 1. The summed E-state index contributed by atoms with van der Waals surface area (Å²) in [6, 6.07) is 4.42. The lowest BCUT2D eigenvalue weighted by molar-refractivity contribution is 0.0697. The summed E-state index contributed by atoms with van der Waals surface area (Å²) in [4.78, 5) is 23.1. The third-order valence-corrected chi connectivity index (χ3v) is 4.34. The second-order valence-corrected chi connectivity index (χ2v) is 6.21. The van der Waals surface area contributed by atoms with Gasteiger partial charge >= 0.3 is 12.0 Å². The smallest absolute Gasteiger partial charge is 0.337 e. The van der Waals surface area contributed by atoms with Crippen molar-refractivity contribution in [3.05, 3.63) is 28.8 Å². The number of benzene rings is 1. The Morgan fingerprint density at radius 1 is 1.19 bits per heavy atom. The summed E-state index contributed by atoms with van der Waals surface area (Å²) in [6.45, 7) is 0. The molecule has 6 heteroatoms. The molecule has 0 spiro atoms. The average molecular weight is 309 g/mol. The van der Waals surface area contributed by atoms with E-state index in [0.29, 0.717) is 17.5 Å². The molecule has 3 rings (SSSR count). The van der Waals surface area contributed by atoms with Crippen LogP contribution < -0.4 is 10.6 Å². The summed E-state index contributed by atoms with van der Waals surface area (Å²) in [6.07, 6.45) is 4.74. The number of carboxylic acids is 1. The Morgan fingerprint density at radius 2 is 1.81 bits per heavy atom. The molecular weight excluding hydrogens is 292 g/mol. The topological polar surface area (TPSA) is 78.4 Å². The maximum atomic E-state index is 12.1. The zero-order chi connectivity index (χ0) is 15.0. The van der Waals surface area contributed by atoms with Crippen LogP contribution in [-0.4, -0.2) is 23.1 Å². The van der Waals surface area contributed by atoms with Gasteiger partial charge in [0.25, 0.3) is 0 Å². The van der Waals surface area contributed by atoms with Crippen LogP contribution in [0.5, 0.6) is 0 Å². The van der Waals surface area contributed by atoms with Crippen LogP contribution in [0.2, 0.25) is 5.02 Å². The normalized spacial score (nSPS) is 17.6. The van der Waals surface area contributed by atoms with E-state index in [1.807, 2.05) is 0 Å². The van der Waals surface area contributed by atoms with Gasteiger partial charge in [0.05, 0.1) is 10.6 Å². The van der Waals surface area contributed by atoms with E-state index in [1.54, 1.807) is 6.07 Å². The van der Waals surface area contributed by atoms with Crippen LogP contribution in [0.3, 0.4) is 0 Å². The maximum absolute atomic E-state index is 12.1. The average Bonchev–Trinajstić information content (AvgIpc) is 3.30. The molecule has 2 fully saturated rings. The van der Waals surface area contributed by atoms with Crippen molar-refractivity contribution in [2.75, 3.05) is 5.32 Å². The maximum Gasteiger partial charge on any atom is 0.337 e. The molecule has 0 atom stereocenters. The van der Waals surface area contributed by atoms with Crippen molar-refractivity contribution in [3.63, 3.8) is 0 Å². The minimum Gasteiger partial charge on any atom is -0.478 e. The number of amides is 2. The van der Waals surface area contributed by atoms with E-state index >= 15 is 0 Å². The van der Waals surface area contributed by atoms with Crippen molar-refractivity contribution in [3.8, 4) is 0 Å². The zero-order valence-corrected chi connectivity index (χ0v) is 12.2. The van der Waals surface area contributed by atoms with Gasteiger partial charge in [-0.25, -0.2) is 9.59 Å². The third-order valence-electron chi connectivity index (χ3n) is 4.01. The highest BCUT2D eigenvalue weighted by Gasteiger charge is 2.42. The molecule has 2 saturated carbocycles. The number of carbonyl (C=O) groups excluding carboxylic acids is 1. The Kier molecular flexibility index (Phi) is 3.76. The first-order valence-corrected chi connectivity index (χ1v) is 7.53. The van der Waals surface area contributed by atoms with Gasteiger partial charge in [-0.05, 0) is 55.7 Å². The van der Waals surface area contributed by atoms with Crippen LogP contribution >= 0.6 is 11.6 Å². The predicted octanol–water partition coefficient (Wildman–Crippen LogP) is 3.35. The molecule has 2 aliphatic rings. The van der Waals surface area contributed by atoms with Crippen molar-refractivity contribution < 1.29 is 14.7 Å². The van der Waals surface area contributed by atoms with Gasteiger partial charge in [-0.3, -0.25) is 0 Å². The van der Waals surface area contributed by atoms with Crippen molar-refractivity contribution >= 4 is 29.3 Å². The lowest BCUT2D eigenvalue weighted by Gasteiger charge is -2.18.